The summed E-state index contributed by atoms with van der Waals surface area (Å²) < 4.78 is 0. The predicted molar refractivity (Wildman–Crippen MR) is 60.0 cm³/mol. The SMILES string of the molecule is CC(C)=CC(=O)c1ccc2c(n1)CCC2. The Morgan fingerprint density at radius 3 is 2.87 bits per heavy atom. The summed E-state index contributed by atoms with van der Waals surface area (Å²) in [5.74, 6) is 0.0182. The number of rotatable bonds is 2. The third-order valence-electron chi connectivity index (χ3n) is 2.60. The molecule has 1 aliphatic carbocycles. The number of nitrogens with zero attached hydrogens (tertiary/aromatic N) is 1. The second-order valence-electron chi connectivity index (χ2n) is 4.24. The molecule has 0 aliphatic heterocycles. The van der Waals surface area contributed by atoms with Crippen molar-refractivity contribution in [1.29, 1.82) is 0 Å². The van der Waals surface area contributed by atoms with E-state index in [4.69, 9.17) is 0 Å². The second kappa shape index (κ2) is 3.97. The molecule has 0 saturated carbocycles. The summed E-state index contributed by atoms with van der Waals surface area (Å²) in [4.78, 5) is 16.1. The molecule has 2 rings (SSSR count). The average Bonchev–Trinajstić information content (AvgIpc) is 2.62. The lowest BCUT2D eigenvalue weighted by Crippen LogP contribution is -2.01. The molecule has 1 aliphatic rings. The molecule has 0 bridgehead atoms. The molecule has 0 aromatic carbocycles. The van der Waals surface area contributed by atoms with E-state index in [2.05, 4.69) is 4.98 Å². The van der Waals surface area contributed by atoms with Crippen molar-refractivity contribution >= 4 is 5.78 Å². The van der Waals surface area contributed by atoms with Crippen molar-refractivity contribution < 1.29 is 4.79 Å². The molecule has 0 fully saturated rings. The molecule has 0 radical (unpaired) electrons. The van der Waals surface area contributed by atoms with Crippen LogP contribution in [0.3, 0.4) is 0 Å². The Bertz CT molecular complexity index is 428. The molecule has 0 spiro atoms. The van der Waals surface area contributed by atoms with Crippen LogP contribution >= 0.6 is 0 Å². The number of aromatic nitrogens is 1. The maximum Gasteiger partial charge on any atom is 0.204 e. The minimum absolute atomic E-state index is 0.0182. The number of aryl methyl sites for hydroxylation is 2. The van der Waals surface area contributed by atoms with E-state index in [1.54, 1.807) is 6.08 Å². The second-order valence-corrected chi connectivity index (χ2v) is 4.24. The number of pyridine rings is 1. The number of fused-ring (bicyclic) bond motifs is 1. The van der Waals surface area contributed by atoms with Gasteiger partial charge in [-0.2, -0.15) is 0 Å². The lowest BCUT2D eigenvalue weighted by atomic mass is 10.1. The average molecular weight is 201 g/mol. The maximum absolute atomic E-state index is 11.7. The van der Waals surface area contributed by atoms with E-state index in [1.807, 2.05) is 26.0 Å². The Balaban J connectivity index is 2.31. The van der Waals surface area contributed by atoms with Gasteiger partial charge in [0.15, 0.2) is 0 Å². The largest absolute Gasteiger partial charge is 0.288 e. The lowest BCUT2D eigenvalue weighted by Gasteiger charge is -2.00. The minimum Gasteiger partial charge on any atom is -0.288 e. The highest BCUT2D eigenvalue weighted by atomic mass is 16.1. The molecule has 2 nitrogen and oxygen atoms in total. The summed E-state index contributed by atoms with van der Waals surface area (Å²) >= 11 is 0. The van der Waals surface area contributed by atoms with Gasteiger partial charge >= 0.3 is 0 Å². The zero-order valence-electron chi connectivity index (χ0n) is 9.21. The fourth-order valence-electron chi connectivity index (χ4n) is 1.89. The monoisotopic (exact) mass is 201 g/mol. The van der Waals surface area contributed by atoms with Gasteiger partial charge < -0.3 is 0 Å². The Kier molecular flexibility index (Phi) is 2.67. The predicted octanol–water partition coefficient (Wildman–Crippen LogP) is 2.72. The molecule has 1 aromatic heterocycles. The van der Waals surface area contributed by atoms with Gasteiger partial charge in [0.1, 0.15) is 5.69 Å². The van der Waals surface area contributed by atoms with Crippen LogP contribution in [-0.4, -0.2) is 10.8 Å². The van der Waals surface area contributed by atoms with Gasteiger partial charge in [-0.05, 0) is 50.8 Å². The molecule has 1 heterocycles. The number of hydrogen-bond acceptors (Lipinski definition) is 2. The third kappa shape index (κ3) is 2.14. The van der Waals surface area contributed by atoms with Crippen molar-refractivity contribution in [2.24, 2.45) is 0 Å². The first-order valence-electron chi connectivity index (χ1n) is 5.35. The van der Waals surface area contributed by atoms with E-state index in [0.717, 1.165) is 24.1 Å². The van der Waals surface area contributed by atoms with Gasteiger partial charge in [0, 0.05) is 5.69 Å². The van der Waals surface area contributed by atoms with Gasteiger partial charge in [-0.25, -0.2) is 4.98 Å². The van der Waals surface area contributed by atoms with Crippen LogP contribution in [0.5, 0.6) is 0 Å². The molecule has 2 heteroatoms. The number of hydrogen-bond donors (Lipinski definition) is 0. The van der Waals surface area contributed by atoms with E-state index < -0.39 is 0 Å². The first kappa shape index (κ1) is 10.1. The smallest absolute Gasteiger partial charge is 0.204 e. The quantitative estimate of drug-likeness (QED) is 0.544. The molecule has 78 valence electrons. The maximum atomic E-state index is 11.7. The number of ketones is 1. The Morgan fingerprint density at radius 1 is 1.33 bits per heavy atom. The Morgan fingerprint density at radius 2 is 2.13 bits per heavy atom. The van der Waals surface area contributed by atoms with E-state index in [-0.39, 0.29) is 5.78 Å². The highest BCUT2D eigenvalue weighted by molar-refractivity contribution is 6.03. The standard InChI is InChI=1S/C13H15NO/c1-9(2)8-13(15)12-7-6-10-4-3-5-11(10)14-12/h6-8H,3-5H2,1-2H3. The van der Waals surface area contributed by atoms with Gasteiger partial charge in [-0.3, -0.25) is 4.79 Å². The Labute approximate surface area is 90.0 Å². The van der Waals surface area contributed by atoms with Gasteiger partial charge in [0.25, 0.3) is 0 Å². The fourth-order valence-corrected chi connectivity index (χ4v) is 1.89. The van der Waals surface area contributed by atoms with E-state index in [0.29, 0.717) is 5.69 Å². The van der Waals surface area contributed by atoms with Crippen LogP contribution in [-0.2, 0) is 12.8 Å². The molecule has 0 unspecified atom stereocenters. The third-order valence-corrected chi connectivity index (χ3v) is 2.60. The van der Waals surface area contributed by atoms with Crippen LogP contribution in [0, 0.1) is 0 Å². The van der Waals surface area contributed by atoms with Gasteiger partial charge in [0.2, 0.25) is 5.78 Å². The summed E-state index contributed by atoms with van der Waals surface area (Å²) in [5, 5.41) is 0. The summed E-state index contributed by atoms with van der Waals surface area (Å²) in [6, 6.07) is 3.88. The molecule has 0 saturated heterocycles. The van der Waals surface area contributed by atoms with Crippen LogP contribution in [0.1, 0.15) is 42.0 Å². The molecule has 0 atom stereocenters. The van der Waals surface area contributed by atoms with E-state index >= 15 is 0 Å². The molecule has 0 amide bonds. The molecule has 0 N–H and O–H groups in total. The fraction of sp³-hybridized carbons (Fsp3) is 0.385. The van der Waals surface area contributed by atoms with Crippen LogP contribution < -0.4 is 0 Å². The highest BCUT2D eigenvalue weighted by Gasteiger charge is 2.14. The topological polar surface area (TPSA) is 30.0 Å². The zero-order chi connectivity index (χ0) is 10.8. The number of allylic oxidation sites excluding steroid dienone is 2. The van der Waals surface area contributed by atoms with Crippen molar-refractivity contribution in [2.75, 3.05) is 0 Å². The zero-order valence-corrected chi connectivity index (χ0v) is 9.21. The van der Waals surface area contributed by atoms with Crippen LogP contribution in [0.4, 0.5) is 0 Å². The van der Waals surface area contributed by atoms with Crippen molar-refractivity contribution in [3.8, 4) is 0 Å². The van der Waals surface area contributed by atoms with Crippen molar-refractivity contribution in [2.45, 2.75) is 33.1 Å². The van der Waals surface area contributed by atoms with Gasteiger partial charge in [0.05, 0.1) is 0 Å². The van der Waals surface area contributed by atoms with Crippen molar-refractivity contribution in [3.05, 3.63) is 40.7 Å². The summed E-state index contributed by atoms with van der Waals surface area (Å²) in [7, 11) is 0. The van der Waals surface area contributed by atoms with E-state index in [9.17, 15) is 4.79 Å². The summed E-state index contributed by atoms with van der Waals surface area (Å²) in [5.41, 5.74) is 4.02. The first-order valence-corrected chi connectivity index (χ1v) is 5.35. The summed E-state index contributed by atoms with van der Waals surface area (Å²) in [6.07, 6.45) is 4.94. The molecular formula is C13H15NO. The first-order chi connectivity index (χ1) is 7.16. The van der Waals surface area contributed by atoms with Gasteiger partial charge in [-0.15, -0.1) is 0 Å². The molecule has 1 aromatic rings. The lowest BCUT2D eigenvalue weighted by molar-refractivity contribution is 0.104. The van der Waals surface area contributed by atoms with Crippen molar-refractivity contribution in [1.82, 2.24) is 4.98 Å². The number of carbonyl (C=O) groups excluding carboxylic acids is 1. The van der Waals surface area contributed by atoms with Crippen molar-refractivity contribution in [3.63, 3.8) is 0 Å². The minimum atomic E-state index is 0.0182. The van der Waals surface area contributed by atoms with Crippen LogP contribution in [0.15, 0.2) is 23.8 Å². The molecule has 15 heavy (non-hydrogen) atoms. The Hall–Kier alpha value is -1.44. The van der Waals surface area contributed by atoms with Crippen LogP contribution in [0.25, 0.3) is 0 Å². The van der Waals surface area contributed by atoms with E-state index in [1.165, 1.54) is 12.0 Å². The normalized spacial score (nSPS) is 13.5. The van der Waals surface area contributed by atoms with Gasteiger partial charge in [-0.1, -0.05) is 11.6 Å². The highest BCUT2D eigenvalue weighted by Crippen LogP contribution is 2.20. The summed E-state index contributed by atoms with van der Waals surface area (Å²) in [6.45, 7) is 3.84. The van der Waals surface area contributed by atoms with Crippen LogP contribution in [0.2, 0.25) is 0 Å². The molecular weight excluding hydrogens is 186 g/mol. The number of carbonyl (C=O) groups is 1.